The normalized spacial score (nSPS) is 10.2. The highest BCUT2D eigenvalue weighted by Crippen LogP contribution is 2.22. The molecule has 0 fully saturated rings. The Hall–Kier alpha value is -3.35. The number of anilines is 1. The molecule has 2 aromatic rings. The summed E-state index contributed by atoms with van der Waals surface area (Å²) in [5.41, 5.74) is 2.22. The number of hydrogen-bond acceptors (Lipinski definition) is 5. The molecule has 7 heteroatoms. The third kappa shape index (κ3) is 5.33. The summed E-state index contributed by atoms with van der Waals surface area (Å²) in [6.07, 6.45) is 0.771. The van der Waals surface area contributed by atoms with Crippen LogP contribution >= 0.6 is 0 Å². The lowest BCUT2D eigenvalue weighted by Gasteiger charge is -2.17. The van der Waals surface area contributed by atoms with Crippen LogP contribution in [0.4, 0.5) is 5.69 Å². The number of rotatable bonds is 7. The molecule has 28 heavy (non-hydrogen) atoms. The van der Waals surface area contributed by atoms with Crippen molar-refractivity contribution in [1.82, 2.24) is 4.90 Å². The summed E-state index contributed by atoms with van der Waals surface area (Å²) in [7, 11) is 1.45. The minimum atomic E-state index is -0.802. The summed E-state index contributed by atoms with van der Waals surface area (Å²) in [5.74, 6) is -1.86. The SMILES string of the molecule is CCc1ccccc1NC(=O)CN(C)C(=O)COC(=O)c1cccc(C)c1O. The number of aryl methyl sites for hydroxylation is 2. The first-order valence-electron chi connectivity index (χ1n) is 8.90. The highest BCUT2D eigenvalue weighted by atomic mass is 16.5. The number of amides is 2. The monoisotopic (exact) mass is 384 g/mol. The molecule has 148 valence electrons. The van der Waals surface area contributed by atoms with Gasteiger partial charge >= 0.3 is 5.97 Å². The fraction of sp³-hybridized carbons (Fsp3) is 0.286. The van der Waals surface area contributed by atoms with E-state index >= 15 is 0 Å². The van der Waals surface area contributed by atoms with Gasteiger partial charge in [-0.3, -0.25) is 9.59 Å². The summed E-state index contributed by atoms with van der Waals surface area (Å²) in [6.45, 7) is 2.94. The fourth-order valence-corrected chi connectivity index (χ4v) is 2.58. The van der Waals surface area contributed by atoms with Gasteiger partial charge < -0.3 is 20.1 Å². The summed E-state index contributed by atoms with van der Waals surface area (Å²) >= 11 is 0. The molecule has 0 bridgehead atoms. The van der Waals surface area contributed by atoms with Crippen LogP contribution in [0, 0.1) is 6.92 Å². The van der Waals surface area contributed by atoms with Crippen LogP contribution in [0.2, 0.25) is 0 Å². The summed E-state index contributed by atoms with van der Waals surface area (Å²) < 4.78 is 4.96. The molecule has 0 aliphatic heterocycles. The minimum Gasteiger partial charge on any atom is -0.507 e. The Balaban J connectivity index is 1.87. The average molecular weight is 384 g/mol. The Morgan fingerprint density at radius 3 is 2.54 bits per heavy atom. The van der Waals surface area contributed by atoms with Gasteiger partial charge in [-0.2, -0.15) is 0 Å². The third-order valence-corrected chi connectivity index (χ3v) is 4.26. The Kier molecular flexibility index (Phi) is 7.14. The number of phenolic OH excluding ortho intramolecular Hbond substituents is 1. The van der Waals surface area contributed by atoms with Gasteiger partial charge in [0, 0.05) is 12.7 Å². The van der Waals surface area contributed by atoms with E-state index in [1.807, 2.05) is 25.1 Å². The summed E-state index contributed by atoms with van der Waals surface area (Å²) in [5, 5.41) is 12.7. The van der Waals surface area contributed by atoms with E-state index in [1.54, 1.807) is 25.1 Å². The van der Waals surface area contributed by atoms with Gasteiger partial charge in [0.25, 0.3) is 5.91 Å². The van der Waals surface area contributed by atoms with E-state index in [9.17, 15) is 19.5 Å². The highest BCUT2D eigenvalue weighted by molar-refractivity contribution is 5.96. The number of phenols is 1. The van der Waals surface area contributed by atoms with Crippen LogP contribution in [-0.4, -0.2) is 48.0 Å². The molecule has 0 aliphatic carbocycles. The van der Waals surface area contributed by atoms with Gasteiger partial charge in [-0.25, -0.2) is 4.79 Å². The van der Waals surface area contributed by atoms with Crippen molar-refractivity contribution in [3.63, 3.8) is 0 Å². The molecule has 0 aliphatic rings. The highest BCUT2D eigenvalue weighted by Gasteiger charge is 2.18. The van der Waals surface area contributed by atoms with Gasteiger partial charge in [0.15, 0.2) is 6.61 Å². The first-order valence-corrected chi connectivity index (χ1v) is 8.90. The van der Waals surface area contributed by atoms with E-state index in [0.717, 1.165) is 12.0 Å². The van der Waals surface area contributed by atoms with Crippen LogP contribution in [-0.2, 0) is 20.7 Å². The molecule has 0 radical (unpaired) electrons. The van der Waals surface area contributed by atoms with Crippen LogP contribution in [0.3, 0.4) is 0 Å². The van der Waals surface area contributed by atoms with Crippen LogP contribution < -0.4 is 5.32 Å². The maximum Gasteiger partial charge on any atom is 0.342 e. The number of nitrogens with zero attached hydrogens (tertiary/aromatic N) is 1. The maximum absolute atomic E-state index is 12.2. The van der Waals surface area contributed by atoms with E-state index in [2.05, 4.69) is 5.32 Å². The number of hydrogen-bond donors (Lipinski definition) is 2. The van der Waals surface area contributed by atoms with Crippen LogP contribution in [0.5, 0.6) is 5.75 Å². The van der Waals surface area contributed by atoms with Gasteiger partial charge in [-0.05, 0) is 36.6 Å². The molecule has 0 unspecified atom stereocenters. The number of ether oxygens (including phenoxy) is 1. The molecule has 2 aromatic carbocycles. The van der Waals surface area contributed by atoms with Crippen LogP contribution in [0.25, 0.3) is 0 Å². The number of aromatic hydroxyl groups is 1. The average Bonchev–Trinajstić information content (AvgIpc) is 2.68. The predicted octanol–water partition coefficient (Wildman–Crippen LogP) is 2.52. The van der Waals surface area contributed by atoms with E-state index in [0.29, 0.717) is 11.3 Å². The maximum atomic E-state index is 12.2. The second kappa shape index (κ2) is 9.55. The van der Waals surface area contributed by atoms with E-state index in [1.165, 1.54) is 18.0 Å². The van der Waals surface area contributed by atoms with Gasteiger partial charge in [0.05, 0.1) is 6.54 Å². The Morgan fingerprint density at radius 2 is 1.82 bits per heavy atom. The number of esters is 1. The van der Waals surface area contributed by atoms with Gasteiger partial charge in [-0.15, -0.1) is 0 Å². The molecule has 0 spiro atoms. The zero-order chi connectivity index (χ0) is 20.7. The topological polar surface area (TPSA) is 95.9 Å². The zero-order valence-corrected chi connectivity index (χ0v) is 16.2. The van der Waals surface area contributed by atoms with E-state index in [-0.39, 0.29) is 23.8 Å². The van der Waals surface area contributed by atoms with Crippen molar-refractivity contribution in [2.24, 2.45) is 0 Å². The lowest BCUT2D eigenvalue weighted by Crippen LogP contribution is -2.37. The largest absolute Gasteiger partial charge is 0.507 e. The molecular weight excluding hydrogens is 360 g/mol. The van der Waals surface area contributed by atoms with Crippen molar-refractivity contribution in [3.8, 4) is 5.75 Å². The zero-order valence-electron chi connectivity index (χ0n) is 16.2. The predicted molar refractivity (Wildman–Crippen MR) is 105 cm³/mol. The number of para-hydroxylation sites is 2. The molecule has 7 nitrogen and oxygen atoms in total. The molecule has 2 amide bonds. The van der Waals surface area contributed by atoms with Crippen molar-refractivity contribution >= 4 is 23.5 Å². The summed E-state index contributed by atoms with van der Waals surface area (Å²) in [6, 6.07) is 12.1. The number of likely N-dealkylation sites (N-methyl/N-ethyl adjacent to an activating group) is 1. The number of nitrogens with one attached hydrogen (secondary N) is 1. The smallest absolute Gasteiger partial charge is 0.342 e. The lowest BCUT2D eigenvalue weighted by atomic mass is 10.1. The first-order chi connectivity index (χ1) is 13.3. The molecule has 2 N–H and O–H groups in total. The number of carbonyl (C=O) groups is 3. The van der Waals surface area contributed by atoms with Gasteiger partial charge in [0.1, 0.15) is 11.3 Å². The lowest BCUT2D eigenvalue weighted by molar-refractivity contribution is -0.136. The molecule has 0 heterocycles. The van der Waals surface area contributed by atoms with Crippen molar-refractivity contribution in [2.45, 2.75) is 20.3 Å². The van der Waals surface area contributed by atoms with Crippen molar-refractivity contribution in [1.29, 1.82) is 0 Å². The number of carbonyl (C=O) groups excluding carboxylic acids is 3. The van der Waals surface area contributed by atoms with E-state index in [4.69, 9.17) is 4.74 Å². The van der Waals surface area contributed by atoms with Gasteiger partial charge in [-0.1, -0.05) is 37.3 Å². The first kappa shape index (κ1) is 21.0. The van der Waals surface area contributed by atoms with E-state index < -0.39 is 18.5 Å². The van der Waals surface area contributed by atoms with Gasteiger partial charge in [0.2, 0.25) is 5.91 Å². The van der Waals surface area contributed by atoms with Crippen molar-refractivity contribution < 1.29 is 24.2 Å². The Labute approximate surface area is 163 Å². The molecular formula is C21H24N2O5. The summed E-state index contributed by atoms with van der Waals surface area (Å²) in [4.78, 5) is 37.6. The van der Waals surface area contributed by atoms with Crippen LogP contribution in [0.1, 0.15) is 28.4 Å². The minimum absolute atomic E-state index is 0.00984. The molecule has 2 rings (SSSR count). The molecule has 0 aromatic heterocycles. The number of benzene rings is 2. The standard InChI is InChI=1S/C21H24N2O5/c1-4-15-9-5-6-11-17(15)22-18(24)12-23(3)19(25)13-28-21(27)16-10-7-8-14(2)20(16)26/h5-11,26H,4,12-13H2,1-3H3,(H,22,24). The molecule has 0 atom stereocenters. The van der Waals surface area contributed by atoms with Crippen LogP contribution in [0.15, 0.2) is 42.5 Å². The van der Waals surface area contributed by atoms with Crippen molar-refractivity contribution in [2.75, 3.05) is 25.5 Å². The fourth-order valence-electron chi connectivity index (χ4n) is 2.58. The Morgan fingerprint density at radius 1 is 1.11 bits per heavy atom. The Bertz CT molecular complexity index is 879. The molecule has 0 saturated carbocycles. The molecule has 0 saturated heterocycles. The van der Waals surface area contributed by atoms with Crippen molar-refractivity contribution in [3.05, 3.63) is 59.2 Å². The second-order valence-electron chi connectivity index (χ2n) is 6.36. The third-order valence-electron chi connectivity index (χ3n) is 4.26. The quantitative estimate of drug-likeness (QED) is 0.715. The second-order valence-corrected chi connectivity index (χ2v) is 6.36.